The Bertz CT molecular complexity index is 1100. The van der Waals surface area contributed by atoms with E-state index in [1.165, 1.54) is 25.3 Å². The Morgan fingerprint density at radius 1 is 1.03 bits per heavy atom. The van der Waals surface area contributed by atoms with Crippen LogP contribution in [0.2, 0.25) is 0 Å². The van der Waals surface area contributed by atoms with Gasteiger partial charge in [-0.2, -0.15) is 13.2 Å². The number of nitrogens with zero attached hydrogens (tertiary/aromatic N) is 2. The smallest absolute Gasteiger partial charge is 0.416 e. The third-order valence-corrected chi connectivity index (χ3v) is 8.41. The van der Waals surface area contributed by atoms with Crippen molar-refractivity contribution in [1.29, 1.82) is 0 Å². The molecule has 38 heavy (non-hydrogen) atoms. The van der Waals surface area contributed by atoms with Crippen LogP contribution >= 0.6 is 0 Å². The number of carbonyl (C=O) groups excluding carboxylic acids is 1. The standard InChI is InChI=1S/C29H38F3N3O3/c1-28(20-34-13-3-2-4-14-34)11-15-35(16-12-28)24-6-5-22(29(30,31)32)19-23(24)33-27(36)26-8-7-25(38-26)21-9-17-37-18-10-21/h5-8,19,21H,2-4,9-18,20H2,1H3,(H,33,36). The number of alkyl halides is 3. The van der Waals surface area contributed by atoms with Crippen molar-refractivity contribution in [2.24, 2.45) is 5.41 Å². The fourth-order valence-electron chi connectivity index (χ4n) is 6.05. The van der Waals surface area contributed by atoms with Gasteiger partial charge in [-0.05, 0) is 87.4 Å². The Labute approximate surface area is 222 Å². The van der Waals surface area contributed by atoms with Gasteiger partial charge in [0.25, 0.3) is 5.91 Å². The van der Waals surface area contributed by atoms with Crippen LogP contribution in [0.5, 0.6) is 0 Å². The van der Waals surface area contributed by atoms with Gasteiger partial charge in [-0.1, -0.05) is 13.3 Å². The predicted octanol–water partition coefficient (Wildman–Crippen LogP) is 6.54. The first-order valence-corrected chi connectivity index (χ1v) is 13.9. The summed E-state index contributed by atoms with van der Waals surface area (Å²) in [6.07, 6.45) is 2.84. The zero-order valence-electron chi connectivity index (χ0n) is 22.1. The monoisotopic (exact) mass is 533 g/mol. The molecule has 5 rings (SSSR count). The lowest BCUT2D eigenvalue weighted by Crippen LogP contribution is -2.46. The third-order valence-electron chi connectivity index (χ3n) is 8.41. The molecule has 3 saturated heterocycles. The Hall–Kier alpha value is -2.52. The highest BCUT2D eigenvalue weighted by molar-refractivity contribution is 6.04. The molecule has 0 unspecified atom stereocenters. The number of nitrogens with one attached hydrogen (secondary N) is 1. The van der Waals surface area contributed by atoms with E-state index in [1.54, 1.807) is 12.1 Å². The average molecular weight is 534 g/mol. The molecular weight excluding hydrogens is 495 g/mol. The molecule has 1 aromatic heterocycles. The Morgan fingerprint density at radius 2 is 1.74 bits per heavy atom. The Balaban J connectivity index is 1.30. The molecule has 3 fully saturated rings. The minimum Gasteiger partial charge on any atom is -0.456 e. The van der Waals surface area contributed by atoms with Crippen molar-refractivity contribution >= 4 is 17.3 Å². The summed E-state index contributed by atoms with van der Waals surface area (Å²) in [5, 5.41) is 2.73. The highest BCUT2D eigenvalue weighted by atomic mass is 19.4. The number of amides is 1. The van der Waals surface area contributed by atoms with E-state index in [4.69, 9.17) is 9.15 Å². The summed E-state index contributed by atoms with van der Waals surface area (Å²) >= 11 is 0. The lowest BCUT2D eigenvalue weighted by Gasteiger charge is -2.44. The summed E-state index contributed by atoms with van der Waals surface area (Å²) in [7, 11) is 0. The molecule has 3 aliphatic heterocycles. The SMILES string of the molecule is CC1(CN2CCCCC2)CCN(c2ccc(C(F)(F)F)cc2NC(=O)c2ccc(C3CCOCC3)o2)CC1. The van der Waals surface area contributed by atoms with Crippen molar-refractivity contribution < 1.29 is 27.1 Å². The van der Waals surface area contributed by atoms with Gasteiger partial charge >= 0.3 is 6.18 Å². The second-order valence-electron chi connectivity index (χ2n) is 11.4. The quantitative estimate of drug-likeness (QED) is 0.457. The van der Waals surface area contributed by atoms with Crippen LogP contribution in [0.1, 0.15) is 79.7 Å². The van der Waals surface area contributed by atoms with E-state index in [0.717, 1.165) is 70.5 Å². The maximum Gasteiger partial charge on any atom is 0.416 e. The minimum absolute atomic E-state index is 0.0996. The van der Waals surface area contributed by atoms with Gasteiger partial charge in [-0.25, -0.2) is 0 Å². The van der Waals surface area contributed by atoms with Gasteiger partial charge in [-0.3, -0.25) is 4.79 Å². The number of likely N-dealkylation sites (tertiary alicyclic amines) is 1. The summed E-state index contributed by atoms with van der Waals surface area (Å²) in [5.74, 6) is 0.451. The molecule has 1 N–H and O–H groups in total. The van der Waals surface area contributed by atoms with Crippen LogP contribution in [-0.4, -0.2) is 56.7 Å². The molecule has 0 bridgehead atoms. The zero-order chi connectivity index (χ0) is 26.8. The fourth-order valence-corrected chi connectivity index (χ4v) is 6.05. The number of carbonyl (C=O) groups is 1. The van der Waals surface area contributed by atoms with Crippen molar-refractivity contribution in [3.05, 3.63) is 47.4 Å². The maximum absolute atomic E-state index is 13.6. The van der Waals surface area contributed by atoms with E-state index in [0.29, 0.717) is 24.7 Å². The molecule has 0 aliphatic carbocycles. The number of furan rings is 1. The van der Waals surface area contributed by atoms with Crippen LogP contribution in [-0.2, 0) is 10.9 Å². The number of hydrogen-bond acceptors (Lipinski definition) is 5. The molecule has 9 heteroatoms. The molecule has 0 atom stereocenters. The van der Waals surface area contributed by atoms with Gasteiger partial charge in [0, 0.05) is 38.8 Å². The number of hydrogen-bond donors (Lipinski definition) is 1. The number of piperidine rings is 2. The molecule has 3 aliphatic rings. The molecule has 6 nitrogen and oxygen atoms in total. The first-order chi connectivity index (χ1) is 18.2. The van der Waals surface area contributed by atoms with E-state index >= 15 is 0 Å². The molecule has 0 saturated carbocycles. The first-order valence-electron chi connectivity index (χ1n) is 13.9. The van der Waals surface area contributed by atoms with E-state index in [9.17, 15) is 18.0 Å². The number of ether oxygens (including phenoxy) is 1. The van der Waals surface area contributed by atoms with Gasteiger partial charge in [0.15, 0.2) is 5.76 Å². The van der Waals surface area contributed by atoms with Gasteiger partial charge in [0.2, 0.25) is 0 Å². The highest BCUT2D eigenvalue weighted by Gasteiger charge is 2.35. The predicted molar refractivity (Wildman–Crippen MR) is 141 cm³/mol. The molecule has 0 spiro atoms. The summed E-state index contributed by atoms with van der Waals surface area (Å²) in [6.45, 7) is 8.43. The molecular formula is C29H38F3N3O3. The molecule has 1 aromatic carbocycles. The number of benzene rings is 1. The molecule has 4 heterocycles. The van der Waals surface area contributed by atoms with Crippen molar-refractivity contribution in [2.75, 3.05) is 56.2 Å². The van der Waals surface area contributed by atoms with Crippen LogP contribution in [0.25, 0.3) is 0 Å². The Kier molecular flexibility index (Phi) is 8.05. The maximum atomic E-state index is 13.6. The first kappa shape index (κ1) is 27.1. The van der Waals surface area contributed by atoms with Crippen LogP contribution < -0.4 is 10.2 Å². The summed E-state index contributed by atoms with van der Waals surface area (Å²) in [4.78, 5) is 17.8. The van der Waals surface area contributed by atoms with E-state index in [-0.39, 0.29) is 22.8 Å². The lowest BCUT2D eigenvalue weighted by atomic mass is 9.79. The van der Waals surface area contributed by atoms with Gasteiger partial charge < -0.3 is 24.3 Å². The second-order valence-corrected chi connectivity index (χ2v) is 11.4. The normalized spacial score (nSPS) is 21.4. The Morgan fingerprint density at radius 3 is 2.42 bits per heavy atom. The summed E-state index contributed by atoms with van der Waals surface area (Å²) in [6, 6.07) is 7.01. The number of halogens is 3. The van der Waals surface area contributed by atoms with Crippen molar-refractivity contribution in [3.63, 3.8) is 0 Å². The van der Waals surface area contributed by atoms with E-state index < -0.39 is 17.6 Å². The van der Waals surface area contributed by atoms with Crippen molar-refractivity contribution in [1.82, 2.24) is 4.90 Å². The van der Waals surface area contributed by atoms with Gasteiger partial charge in [0.05, 0.1) is 16.9 Å². The topological polar surface area (TPSA) is 58.0 Å². The lowest BCUT2D eigenvalue weighted by molar-refractivity contribution is -0.137. The number of anilines is 2. The highest BCUT2D eigenvalue weighted by Crippen LogP contribution is 2.40. The minimum atomic E-state index is -4.51. The van der Waals surface area contributed by atoms with Crippen molar-refractivity contribution in [2.45, 2.75) is 64.0 Å². The molecule has 2 aromatic rings. The summed E-state index contributed by atoms with van der Waals surface area (Å²) in [5.41, 5.74) is 0.166. The van der Waals surface area contributed by atoms with Gasteiger partial charge in [0.1, 0.15) is 5.76 Å². The largest absolute Gasteiger partial charge is 0.456 e. The van der Waals surface area contributed by atoms with Gasteiger partial charge in [-0.15, -0.1) is 0 Å². The number of rotatable bonds is 6. The fraction of sp³-hybridized carbons (Fsp3) is 0.621. The van der Waals surface area contributed by atoms with Crippen LogP contribution in [0.15, 0.2) is 34.7 Å². The van der Waals surface area contributed by atoms with E-state index in [1.807, 2.05) is 0 Å². The van der Waals surface area contributed by atoms with Crippen LogP contribution in [0, 0.1) is 5.41 Å². The van der Waals surface area contributed by atoms with Crippen LogP contribution in [0.4, 0.5) is 24.5 Å². The van der Waals surface area contributed by atoms with Crippen molar-refractivity contribution in [3.8, 4) is 0 Å². The van der Waals surface area contributed by atoms with Crippen LogP contribution in [0.3, 0.4) is 0 Å². The zero-order valence-corrected chi connectivity index (χ0v) is 22.1. The summed E-state index contributed by atoms with van der Waals surface area (Å²) < 4.78 is 52.0. The second kappa shape index (κ2) is 11.3. The molecule has 0 radical (unpaired) electrons. The third kappa shape index (κ3) is 6.37. The molecule has 208 valence electrons. The van der Waals surface area contributed by atoms with E-state index in [2.05, 4.69) is 22.0 Å². The molecule has 1 amide bonds. The average Bonchev–Trinajstić information content (AvgIpc) is 3.41.